The van der Waals surface area contributed by atoms with Crippen LogP contribution in [0.15, 0.2) is 0 Å². The van der Waals surface area contributed by atoms with Gasteiger partial charge in [-0.1, -0.05) is 6.42 Å². The van der Waals surface area contributed by atoms with E-state index in [0.29, 0.717) is 19.3 Å². The zero-order valence-corrected chi connectivity index (χ0v) is 17.6. The second-order valence-corrected chi connectivity index (χ2v) is 8.67. The Labute approximate surface area is 176 Å². The fraction of sp³-hybridized carbons (Fsp3) is 0.810. The summed E-state index contributed by atoms with van der Waals surface area (Å²) in [6.45, 7) is 3.26. The summed E-state index contributed by atoms with van der Waals surface area (Å²) in [5, 5.41) is 28.1. The van der Waals surface area contributed by atoms with Gasteiger partial charge in [-0.15, -0.1) is 0 Å². The summed E-state index contributed by atoms with van der Waals surface area (Å²) in [6, 6.07) is -0.239. The molecule has 2 aliphatic rings. The maximum atomic E-state index is 13.6. The van der Waals surface area contributed by atoms with E-state index in [4.69, 9.17) is 15.6 Å². The minimum Gasteiger partial charge on any atom is -0.481 e. The first-order chi connectivity index (χ1) is 14.1. The van der Waals surface area contributed by atoms with Crippen molar-refractivity contribution in [1.29, 1.82) is 10.8 Å². The van der Waals surface area contributed by atoms with Crippen molar-refractivity contribution in [3.63, 3.8) is 0 Å². The topological polar surface area (TPSA) is 123 Å². The van der Waals surface area contributed by atoms with Crippen molar-refractivity contribution in [2.24, 2.45) is 17.8 Å². The molecule has 0 aromatic heterocycles. The van der Waals surface area contributed by atoms with E-state index >= 15 is 0 Å². The molecule has 7 atom stereocenters. The number of amides is 1. The summed E-state index contributed by atoms with van der Waals surface area (Å²) >= 11 is 0. The molecule has 0 heterocycles. The van der Waals surface area contributed by atoms with Crippen LogP contribution < -0.4 is 5.32 Å². The average Bonchev–Trinajstić information content (AvgIpc) is 2.91. The van der Waals surface area contributed by atoms with Crippen LogP contribution in [0.5, 0.6) is 0 Å². The van der Waals surface area contributed by atoms with Gasteiger partial charge in [-0.25, -0.2) is 8.78 Å². The number of carbonyl (C=O) groups is 2. The molecule has 170 valence electrons. The van der Waals surface area contributed by atoms with Gasteiger partial charge in [0.15, 0.2) is 11.8 Å². The zero-order valence-electron chi connectivity index (χ0n) is 17.6. The lowest BCUT2D eigenvalue weighted by molar-refractivity contribution is -0.142. The van der Waals surface area contributed by atoms with Crippen LogP contribution in [0.3, 0.4) is 0 Å². The first kappa shape index (κ1) is 24.2. The molecule has 2 aliphatic carbocycles. The van der Waals surface area contributed by atoms with Crippen LogP contribution >= 0.6 is 0 Å². The monoisotopic (exact) mass is 429 g/mol. The van der Waals surface area contributed by atoms with Crippen molar-refractivity contribution in [2.45, 2.75) is 89.7 Å². The maximum absolute atomic E-state index is 13.6. The number of hydrogen-bond acceptors (Lipinski definition) is 5. The van der Waals surface area contributed by atoms with Crippen LogP contribution in [0.2, 0.25) is 0 Å². The Kier molecular flexibility index (Phi) is 8.73. The minimum absolute atomic E-state index is 0.00952. The van der Waals surface area contributed by atoms with Crippen LogP contribution in [0.4, 0.5) is 8.78 Å². The van der Waals surface area contributed by atoms with E-state index in [1.54, 1.807) is 0 Å². The van der Waals surface area contributed by atoms with E-state index in [9.17, 15) is 23.5 Å². The molecule has 7 unspecified atom stereocenters. The maximum Gasteiger partial charge on any atom is 0.306 e. The number of carbonyl (C=O) groups excluding carboxylic acids is 1. The van der Waals surface area contributed by atoms with Crippen LogP contribution in [-0.4, -0.2) is 53.1 Å². The number of aliphatic carboxylic acids is 1. The van der Waals surface area contributed by atoms with Crippen LogP contribution in [0.25, 0.3) is 0 Å². The largest absolute Gasteiger partial charge is 0.481 e. The predicted molar refractivity (Wildman–Crippen MR) is 108 cm³/mol. The highest BCUT2D eigenvalue weighted by Gasteiger charge is 2.36. The smallest absolute Gasteiger partial charge is 0.306 e. The van der Waals surface area contributed by atoms with Crippen molar-refractivity contribution >= 4 is 23.5 Å². The van der Waals surface area contributed by atoms with E-state index in [0.717, 1.165) is 12.8 Å². The fourth-order valence-electron chi connectivity index (χ4n) is 4.41. The lowest BCUT2D eigenvalue weighted by Crippen LogP contribution is -2.47. The number of hydrogen-bond donors (Lipinski definition) is 4. The lowest BCUT2D eigenvalue weighted by Gasteiger charge is -2.30. The average molecular weight is 430 g/mol. The Morgan fingerprint density at radius 1 is 1.07 bits per heavy atom. The highest BCUT2D eigenvalue weighted by Crippen LogP contribution is 2.30. The standard InChI is InChI=1S/C21H33F2N3O4/c1-11(24)18(19(25)30-15-8-9-16(22)17(23)10-15)20(27)26-12(2)13-4-3-5-14(7-6-13)21(28)29/h12-18,24-25H,3-10H2,1-2H3,(H,26,27)(H,28,29). The lowest BCUT2D eigenvalue weighted by atomic mass is 9.91. The van der Waals surface area contributed by atoms with E-state index in [1.807, 2.05) is 6.92 Å². The second-order valence-electron chi connectivity index (χ2n) is 8.67. The van der Waals surface area contributed by atoms with Gasteiger partial charge >= 0.3 is 5.97 Å². The SMILES string of the molecule is CC(=N)C(C(=N)OC1CCC(F)C(F)C1)C(=O)NC(C)C1CCCC(C(=O)O)CC1. The van der Waals surface area contributed by atoms with Gasteiger partial charge in [0.05, 0.1) is 5.92 Å². The molecule has 4 N–H and O–H groups in total. The molecule has 2 rings (SSSR count). The molecule has 2 saturated carbocycles. The predicted octanol–water partition coefficient (Wildman–Crippen LogP) is 3.65. The van der Waals surface area contributed by atoms with Gasteiger partial charge in [0.2, 0.25) is 5.91 Å². The van der Waals surface area contributed by atoms with Crippen molar-refractivity contribution in [3.8, 4) is 0 Å². The molecule has 0 saturated heterocycles. The Hall–Kier alpha value is -2.06. The third-order valence-electron chi connectivity index (χ3n) is 6.34. The molecule has 7 nitrogen and oxygen atoms in total. The number of carboxylic acids is 1. The van der Waals surface area contributed by atoms with Gasteiger partial charge in [-0.3, -0.25) is 15.0 Å². The molecular weight excluding hydrogens is 396 g/mol. The number of halogens is 2. The summed E-state index contributed by atoms with van der Waals surface area (Å²) in [5.41, 5.74) is -0.0625. The molecule has 30 heavy (non-hydrogen) atoms. The van der Waals surface area contributed by atoms with Gasteiger partial charge in [0.25, 0.3) is 0 Å². The van der Waals surface area contributed by atoms with Gasteiger partial charge in [-0.05, 0) is 58.3 Å². The molecule has 2 fully saturated rings. The fourth-order valence-corrected chi connectivity index (χ4v) is 4.41. The highest BCUT2D eigenvalue weighted by molar-refractivity contribution is 6.17. The van der Waals surface area contributed by atoms with E-state index in [1.165, 1.54) is 6.92 Å². The summed E-state index contributed by atoms with van der Waals surface area (Å²) in [4.78, 5) is 24.0. The van der Waals surface area contributed by atoms with Crippen molar-refractivity contribution < 1.29 is 28.2 Å². The normalized spacial score (nSPS) is 31.7. The Morgan fingerprint density at radius 2 is 1.77 bits per heavy atom. The van der Waals surface area contributed by atoms with Crippen LogP contribution in [-0.2, 0) is 14.3 Å². The zero-order chi connectivity index (χ0) is 22.4. The molecule has 0 aromatic rings. The summed E-state index contributed by atoms with van der Waals surface area (Å²) in [5.74, 6) is -3.19. The summed E-state index contributed by atoms with van der Waals surface area (Å²) < 4.78 is 32.4. The Morgan fingerprint density at radius 3 is 2.37 bits per heavy atom. The third kappa shape index (κ3) is 6.47. The van der Waals surface area contributed by atoms with E-state index < -0.39 is 42.1 Å². The van der Waals surface area contributed by atoms with E-state index in [-0.39, 0.29) is 42.9 Å². The van der Waals surface area contributed by atoms with E-state index in [2.05, 4.69) is 5.32 Å². The molecule has 0 radical (unpaired) electrons. The summed E-state index contributed by atoms with van der Waals surface area (Å²) in [6.07, 6.45) is -0.290. The first-order valence-electron chi connectivity index (χ1n) is 10.7. The number of rotatable bonds is 7. The van der Waals surface area contributed by atoms with Crippen molar-refractivity contribution in [2.75, 3.05) is 0 Å². The Balaban J connectivity index is 1.93. The molecular formula is C21H33F2N3O4. The quantitative estimate of drug-likeness (QED) is 0.280. The number of carboxylic acid groups (broad SMARTS) is 1. The van der Waals surface area contributed by atoms with Crippen LogP contribution in [0, 0.1) is 28.6 Å². The number of ether oxygens (including phenoxy) is 1. The molecule has 9 heteroatoms. The van der Waals surface area contributed by atoms with Crippen molar-refractivity contribution in [1.82, 2.24) is 5.32 Å². The second kappa shape index (κ2) is 10.8. The molecule has 0 aromatic carbocycles. The Bertz CT molecular complexity index is 660. The first-order valence-corrected chi connectivity index (χ1v) is 10.7. The van der Waals surface area contributed by atoms with Gasteiger partial charge < -0.3 is 20.6 Å². The highest BCUT2D eigenvalue weighted by atomic mass is 19.2. The molecule has 0 spiro atoms. The third-order valence-corrected chi connectivity index (χ3v) is 6.34. The van der Waals surface area contributed by atoms with Gasteiger partial charge in [-0.2, -0.15) is 0 Å². The summed E-state index contributed by atoms with van der Waals surface area (Å²) in [7, 11) is 0. The molecule has 1 amide bonds. The van der Waals surface area contributed by atoms with Crippen LogP contribution in [0.1, 0.15) is 65.2 Å². The number of alkyl halides is 2. The van der Waals surface area contributed by atoms with Gasteiger partial charge in [0, 0.05) is 18.2 Å². The molecule has 0 bridgehead atoms. The van der Waals surface area contributed by atoms with Gasteiger partial charge in [0.1, 0.15) is 18.4 Å². The molecule has 0 aliphatic heterocycles. The van der Waals surface area contributed by atoms with Crippen molar-refractivity contribution in [3.05, 3.63) is 0 Å². The minimum atomic E-state index is -1.64. The number of nitrogens with one attached hydrogen (secondary N) is 3.